The maximum Gasteiger partial charge on any atom is 0.257 e. The first-order valence-electron chi connectivity index (χ1n) is 6.25. The number of benzene rings is 1. The number of nitrogens with one attached hydrogen (secondary N) is 1. The van der Waals surface area contributed by atoms with Crippen LogP contribution in [-0.4, -0.2) is 26.3 Å². The van der Waals surface area contributed by atoms with E-state index in [0.717, 1.165) is 10.5 Å². The normalized spacial score (nSPS) is 12.5. The van der Waals surface area contributed by atoms with Crippen molar-refractivity contribution < 1.29 is 9.21 Å². The molecular formula is C13H12N4O2S2. The third-order valence-electron chi connectivity index (χ3n) is 2.68. The third-order valence-corrected chi connectivity index (χ3v) is 4.38. The Kier molecular flexibility index (Phi) is 3.89. The zero-order chi connectivity index (χ0) is 14.8. The fraction of sp³-hybridized carbons (Fsp3) is 0.231. The smallest absolute Gasteiger partial charge is 0.257 e. The molecule has 1 atom stereocenters. The lowest BCUT2D eigenvalue weighted by atomic mass is 10.3. The lowest BCUT2D eigenvalue weighted by molar-refractivity contribution is -0.115. The van der Waals surface area contributed by atoms with E-state index in [1.54, 1.807) is 6.92 Å². The second-order valence-electron chi connectivity index (χ2n) is 4.32. The summed E-state index contributed by atoms with van der Waals surface area (Å²) < 4.78 is 5.59. The van der Waals surface area contributed by atoms with E-state index in [9.17, 15) is 4.79 Å². The van der Waals surface area contributed by atoms with Crippen LogP contribution in [0.3, 0.4) is 0 Å². The number of aryl methyl sites for hydroxylation is 1. The molecule has 0 aliphatic heterocycles. The van der Waals surface area contributed by atoms with Gasteiger partial charge in [0.05, 0.1) is 5.25 Å². The number of carbonyl (C=O) groups excluding carboxylic acids is 1. The molecule has 1 aromatic carbocycles. The van der Waals surface area contributed by atoms with Gasteiger partial charge in [-0.05, 0) is 26.0 Å². The molecule has 0 aliphatic rings. The molecule has 108 valence electrons. The summed E-state index contributed by atoms with van der Waals surface area (Å²) >= 11 is 2.61. The Morgan fingerprint density at radius 2 is 2.19 bits per heavy atom. The van der Waals surface area contributed by atoms with Gasteiger partial charge < -0.3 is 4.42 Å². The summed E-state index contributed by atoms with van der Waals surface area (Å²) in [6.07, 6.45) is 0. The van der Waals surface area contributed by atoms with Crippen molar-refractivity contribution >= 4 is 45.2 Å². The highest BCUT2D eigenvalue weighted by atomic mass is 32.2. The number of fused-ring (bicyclic) bond motifs is 1. The first-order chi connectivity index (χ1) is 10.1. The summed E-state index contributed by atoms with van der Waals surface area (Å²) in [4.78, 5) is 16.4. The molecule has 1 amide bonds. The third kappa shape index (κ3) is 3.22. The molecule has 0 fully saturated rings. The van der Waals surface area contributed by atoms with Crippen LogP contribution in [0, 0.1) is 6.92 Å². The van der Waals surface area contributed by atoms with E-state index in [2.05, 4.69) is 20.5 Å². The van der Waals surface area contributed by atoms with Crippen molar-refractivity contribution in [2.24, 2.45) is 0 Å². The van der Waals surface area contributed by atoms with Crippen LogP contribution in [0.2, 0.25) is 0 Å². The fourth-order valence-corrected chi connectivity index (χ4v) is 3.01. The number of nitrogens with zero attached hydrogens (tertiary/aromatic N) is 3. The summed E-state index contributed by atoms with van der Waals surface area (Å²) in [6, 6.07) is 7.50. The van der Waals surface area contributed by atoms with E-state index in [1.807, 2.05) is 31.2 Å². The van der Waals surface area contributed by atoms with Crippen molar-refractivity contribution in [3.05, 3.63) is 29.3 Å². The maximum atomic E-state index is 12.1. The molecule has 0 saturated carbocycles. The van der Waals surface area contributed by atoms with Crippen LogP contribution in [0.1, 0.15) is 11.9 Å². The standard InChI is InChI=1S/C13H12N4O2S2/c1-7(11(18)15-12-17-16-8(2)21-12)20-13-14-9-5-3-4-6-10(9)19-13/h3-7H,1-2H3,(H,15,17,18). The number of oxazole rings is 1. The first-order valence-corrected chi connectivity index (χ1v) is 7.94. The largest absolute Gasteiger partial charge is 0.431 e. The molecule has 21 heavy (non-hydrogen) atoms. The molecule has 0 radical (unpaired) electrons. The molecule has 1 unspecified atom stereocenters. The van der Waals surface area contributed by atoms with Gasteiger partial charge in [-0.25, -0.2) is 4.98 Å². The molecule has 2 aromatic heterocycles. The van der Waals surface area contributed by atoms with Crippen LogP contribution < -0.4 is 5.32 Å². The van der Waals surface area contributed by atoms with E-state index in [0.29, 0.717) is 15.9 Å². The Labute approximate surface area is 129 Å². The highest BCUT2D eigenvalue weighted by Gasteiger charge is 2.19. The zero-order valence-electron chi connectivity index (χ0n) is 11.4. The Morgan fingerprint density at radius 3 is 2.90 bits per heavy atom. The van der Waals surface area contributed by atoms with Crippen molar-refractivity contribution in [1.82, 2.24) is 15.2 Å². The summed E-state index contributed by atoms with van der Waals surface area (Å²) in [5, 5.41) is 11.9. The molecule has 8 heteroatoms. The minimum atomic E-state index is -0.345. The van der Waals surface area contributed by atoms with Crippen molar-refractivity contribution in [2.45, 2.75) is 24.3 Å². The summed E-state index contributed by atoms with van der Waals surface area (Å²) in [7, 11) is 0. The van der Waals surface area contributed by atoms with Crippen LogP contribution in [0.25, 0.3) is 11.1 Å². The van der Waals surface area contributed by atoms with E-state index >= 15 is 0 Å². The summed E-state index contributed by atoms with van der Waals surface area (Å²) in [5.41, 5.74) is 1.50. The van der Waals surface area contributed by atoms with Gasteiger partial charge in [-0.15, -0.1) is 10.2 Å². The number of rotatable bonds is 4. The lowest BCUT2D eigenvalue weighted by Gasteiger charge is -2.06. The highest BCUT2D eigenvalue weighted by molar-refractivity contribution is 8.00. The molecule has 3 aromatic rings. The Balaban J connectivity index is 1.67. The van der Waals surface area contributed by atoms with Gasteiger partial charge in [0.25, 0.3) is 5.22 Å². The number of aromatic nitrogens is 3. The van der Waals surface area contributed by atoms with Gasteiger partial charge in [0, 0.05) is 0 Å². The van der Waals surface area contributed by atoms with Gasteiger partial charge in [-0.1, -0.05) is 35.2 Å². The number of para-hydroxylation sites is 2. The van der Waals surface area contributed by atoms with Gasteiger partial charge in [0.2, 0.25) is 11.0 Å². The zero-order valence-corrected chi connectivity index (χ0v) is 13.0. The molecule has 0 bridgehead atoms. The number of hydrogen-bond donors (Lipinski definition) is 1. The van der Waals surface area contributed by atoms with Gasteiger partial charge >= 0.3 is 0 Å². The Hall–Kier alpha value is -1.93. The molecule has 0 spiro atoms. The monoisotopic (exact) mass is 320 g/mol. The van der Waals surface area contributed by atoms with Crippen LogP contribution >= 0.6 is 23.1 Å². The predicted octanol–water partition coefficient (Wildman–Crippen LogP) is 3.11. The maximum absolute atomic E-state index is 12.1. The van der Waals surface area contributed by atoms with Gasteiger partial charge in [-0.3, -0.25) is 10.1 Å². The number of anilines is 1. The number of amides is 1. The molecule has 0 aliphatic carbocycles. The number of hydrogen-bond acceptors (Lipinski definition) is 7. The average Bonchev–Trinajstić information content (AvgIpc) is 3.04. The second-order valence-corrected chi connectivity index (χ2v) is 6.80. The van der Waals surface area contributed by atoms with Crippen molar-refractivity contribution in [2.75, 3.05) is 5.32 Å². The van der Waals surface area contributed by atoms with Crippen LogP contribution in [0.5, 0.6) is 0 Å². The molecule has 2 heterocycles. The molecular weight excluding hydrogens is 308 g/mol. The molecule has 0 saturated heterocycles. The van der Waals surface area contributed by atoms with E-state index < -0.39 is 0 Å². The number of carbonyl (C=O) groups is 1. The minimum Gasteiger partial charge on any atom is -0.431 e. The second kappa shape index (κ2) is 5.82. The van der Waals surface area contributed by atoms with Crippen molar-refractivity contribution in [3.63, 3.8) is 0 Å². The Bertz CT molecular complexity index is 750. The number of thioether (sulfide) groups is 1. The SMILES string of the molecule is Cc1nnc(NC(=O)C(C)Sc2nc3ccccc3o2)s1. The summed E-state index contributed by atoms with van der Waals surface area (Å²) in [6.45, 7) is 3.63. The molecule has 3 rings (SSSR count). The van der Waals surface area contributed by atoms with Crippen molar-refractivity contribution in [1.29, 1.82) is 0 Å². The predicted molar refractivity (Wildman–Crippen MR) is 82.6 cm³/mol. The molecule has 6 nitrogen and oxygen atoms in total. The van der Waals surface area contributed by atoms with Gasteiger partial charge in [0.15, 0.2) is 5.58 Å². The fourth-order valence-electron chi connectivity index (χ4n) is 1.66. The minimum absolute atomic E-state index is 0.154. The lowest BCUT2D eigenvalue weighted by Crippen LogP contribution is -2.22. The van der Waals surface area contributed by atoms with Gasteiger partial charge in [0.1, 0.15) is 10.5 Å². The topological polar surface area (TPSA) is 80.9 Å². The Morgan fingerprint density at radius 1 is 1.38 bits per heavy atom. The summed E-state index contributed by atoms with van der Waals surface area (Å²) in [5.74, 6) is -0.154. The highest BCUT2D eigenvalue weighted by Crippen LogP contribution is 2.27. The van der Waals surface area contributed by atoms with E-state index in [4.69, 9.17) is 4.42 Å². The van der Waals surface area contributed by atoms with Crippen LogP contribution in [0.4, 0.5) is 5.13 Å². The van der Waals surface area contributed by atoms with Crippen LogP contribution in [-0.2, 0) is 4.79 Å². The van der Waals surface area contributed by atoms with Crippen molar-refractivity contribution in [3.8, 4) is 0 Å². The quantitative estimate of drug-likeness (QED) is 0.744. The van der Waals surface area contributed by atoms with E-state index in [-0.39, 0.29) is 11.2 Å². The van der Waals surface area contributed by atoms with Gasteiger partial charge in [-0.2, -0.15) is 0 Å². The van der Waals surface area contributed by atoms with E-state index in [1.165, 1.54) is 23.1 Å². The average molecular weight is 320 g/mol. The van der Waals surface area contributed by atoms with Crippen LogP contribution in [0.15, 0.2) is 33.9 Å². The first kappa shape index (κ1) is 14.0. The molecule has 1 N–H and O–H groups in total.